The molecule has 0 saturated heterocycles. The Morgan fingerprint density at radius 2 is 2.14 bits per heavy atom. The largest absolute Gasteiger partial charge is 0.481 e. The summed E-state index contributed by atoms with van der Waals surface area (Å²) in [6.45, 7) is 2.08. The molecule has 0 aliphatic heterocycles. The Labute approximate surface area is 127 Å². The highest BCUT2D eigenvalue weighted by Crippen LogP contribution is 2.28. The highest BCUT2D eigenvalue weighted by atomic mass is 32.1. The minimum atomic E-state index is 0.611. The number of rotatable bonds is 4. The zero-order chi connectivity index (χ0) is 14.8. The molecule has 0 radical (unpaired) electrons. The average molecular weight is 300 g/mol. The van der Waals surface area contributed by atoms with Gasteiger partial charge >= 0.3 is 0 Å². The molecule has 0 fully saturated rings. The van der Waals surface area contributed by atoms with Gasteiger partial charge in [0.1, 0.15) is 16.5 Å². The lowest BCUT2D eigenvalue weighted by Gasteiger charge is -2.06. The van der Waals surface area contributed by atoms with E-state index in [4.69, 9.17) is 4.74 Å². The normalized spacial score (nSPS) is 10.8. The van der Waals surface area contributed by atoms with Crippen molar-refractivity contribution in [3.05, 3.63) is 40.7 Å². The molecule has 3 heterocycles. The van der Waals surface area contributed by atoms with Crippen LogP contribution in [-0.2, 0) is 6.42 Å². The van der Waals surface area contributed by atoms with Crippen LogP contribution in [0.3, 0.4) is 0 Å². The van der Waals surface area contributed by atoms with Crippen LogP contribution in [0.5, 0.6) is 5.88 Å². The zero-order valence-electron chi connectivity index (χ0n) is 12.2. The van der Waals surface area contributed by atoms with Crippen molar-refractivity contribution in [1.29, 1.82) is 0 Å². The zero-order valence-corrected chi connectivity index (χ0v) is 13.0. The maximum absolute atomic E-state index is 5.07. The van der Waals surface area contributed by atoms with E-state index in [0.29, 0.717) is 12.3 Å². The van der Waals surface area contributed by atoms with Crippen LogP contribution in [-0.4, -0.2) is 29.1 Å². The molecule has 0 amide bonds. The number of anilines is 1. The van der Waals surface area contributed by atoms with Gasteiger partial charge in [0.05, 0.1) is 12.5 Å². The van der Waals surface area contributed by atoms with E-state index in [1.165, 1.54) is 4.88 Å². The van der Waals surface area contributed by atoms with Crippen molar-refractivity contribution in [2.75, 3.05) is 19.5 Å². The smallest absolute Gasteiger partial charge is 0.212 e. The lowest BCUT2D eigenvalue weighted by molar-refractivity contribution is 0.397. The van der Waals surface area contributed by atoms with Gasteiger partial charge in [-0.2, -0.15) is 0 Å². The number of aromatic nitrogens is 3. The van der Waals surface area contributed by atoms with Crippen LogP contribution in [0, 0.1) is 6.92 Å². The van der Waals surface area contributed by atoms with Crippen molar-refractivity contribution in [2.45, 2.75) is 13.3 Å². The Balaban J connectivity index is 1.95. The number of pyridine rings is 1. The molecular weight excluding hydrogens is 284 g/mol. The van der Waals surface area contributed by atoms with Gasteiger partial charge in [-0.25, -0.2) is 15.0 Å². The van der Waals surface area contributed by atoms with Crippen molar-refractivity contribution < 1.29 is 4.74 Å². The van der Waals surface area contributed by atoms with Crippen molar-refractivity contribution in [3.8, 4) is 5.88 Å². The van der Waals surface area contributed by atoms with Gasteiger partial charge in [0.2, 0.25) is 5.88 Å². The fourth-order valence-corrected chi connectivity index (χ4v) is 3.07. The number of aryl methyl sites for hydroxylation is 1. The number of methoxy groups -OCH3 is 1. The molecule has 0 bridgehead atoms. The summed E-state index contributed by atoms with van der Waals surface area (Å²) in [7, 11) is 3.49. The van der Waals surface area contributed by atoms with Crippen molar-refractivity contribution in [3.63, 3.8) is 0 Å². The molecule has 108 valence electrons. The monoisotopic (exact) mass is 300 g/mol. The van der Waals surface area contributed by atoms with Gasteiger partial charge in [0.15, 0.2) is 0 Å². The highest BCUT2D eigenvalue weighted by molar-refractivity contribution is 7.18. The number of hydrogen-bond acceptors (Lipinski definition) is 6. The first-order chi connectivity index (χ1) is 10.2. The van der Waals surface area contributed by atoms with E-state index in [0.717, 1.165) is 27.4 Å². The summed E-state index contributed by atoms with van der Waals surface area (Å²) in [5, 5.41) is 4.23. The van der Waals surface area contributed by atoms with E-state index in [-0.39, 0.29) is 0 Å². The van der Waals surface area contributed by atoms with E-state index >= 15 is 0 Å². The Bertz CT molecular complexity index is 767. The number of nitrogens with zero attached hydrogens (tertiary/aromatic N) is 3. The minimum Gasteiger partial charge on any atom is -0.481 e. The quantitative estimate of drug-likeness (QED) is 0.802. The molecule has 0 aliphatic carbocycles. The fourth-order valence-electron chi connectivity index (χ4n) is 2.17. The third-order valence-electron chi connectivity index (χ3n) is 3.17. The summed E-state index contributed by atoms with van der Waals surface area (Å²) in [5.41, 5.74) is 1.06. The maximum atomic E-state index is 5.07. The predicted molar refractivity (Wildman–Crippen MR) is 85.3 cm³/mol. The summed E-state index contributed by atoms with van der Waals surface area (Å²) in [5.74, 6) is 2.28. The average Bonchev–Trinajstić information content (AvgIpc) is 2.87. The van der Waals surface area contributed by atoms with Gasteiger partial charge in [-0.05, 0) is 18.6 Å². The molecule has 21 heavy (non-hydrogen) atoms. The SMILES string of the molecule is CNc1nc(Cc2ccc(OC)nc2)nc2sc(C)cc12. The summed E-state index contributed by atoms with van der Waals surface area (Å²) in [6.07, 6.45) is 2.45. The van der Waals surface area contributed by atoms with E-state index in [1.807, 2.05) is 19.2 Å². The van der Waals surface area contributed by atoms with Crippen LogP contribution in [0.15, 0.2) is 24.4 Å². The fraction of sp³-hybridized carbons (Fsp3) is 0.267. The van der Waals surface area contributed by atoms with Crippen LogP contribution < -0.4 is 10.1 Å². The summed E-state index contributed by atoms with van der Waals surface area (Å²) in [6, 6.07) is 5.95. The highest BCUT2D eigenvalue weighted by Gasteiger charge is 2.10. The first-order valence-electron chi connectivity index (χ1n) is 6.63. The third-order valence-corrected chi connectivity index (χ3v) is 4.11. The number of thiophene rings is 1. The molecule has 0 saturated carbocycles. The molecule has 0 spiro atoms. The third kappa shape index (κ3) is 2.80. The van der Waals surface area contributed by atoms with Crippen molar-refractivity contribution >= 4 is 27.4 Å². The molecule has 0 unspecified atom stereocenters. The van der Waals surface area contributed by atoms with Crippen LogP contribution >= 0.6 is 11.3 Å². The molecule has 1 N–H and O–H groups in total. The molecule has 0 aliphatic rings. The molecular formula is C15H16N4OS. The Morgan fingerprint density at radius 3 is 2.81 bits per heavy atom. The second-order valence-corrected chi connectivity index (χ2v) is 5.93. The predicted octanol–water partition coefficient (Wildman–Crippen LogP) is 3.04. The van der Waals surface area contributed by atoms with Crippen molar-refractivity contribution in [2.24, 2.45) is 0 Å². The Kier molecular flexibility index (Phi) is 3.70. The van der Waals surface area contributed by atoms with Gasteiger partial charge in [-0.1, -0.05) is 6.07 Å². The molecule has 0 aromatic carbocycles. The van der Waals surface area contributed by atoms with Crippen LogP contribution in [0.1, 0.15) is 16.3 Å². The van der Waals surface area contributed by atoms with Gasteiger partial charge in [-0.15, -0.1) is 11.3 Å². The summed E-state index contributed by atoms with van der Waals surface area (Å²) in [4.78, 5) is 15.7. The minimum absolute atomic E-state index is 0.611. The van der Waals surface area contributed by atoms with Gasteiger partial charge in [-0.3, -0.25) is 0 Å². The standard InChI is InChI=1S/C15H16N4OS/c1-9-6-11-14(16-2)18-12(19-15(11)21-9)7-10-4-5-13(20-3)17-8-10/h4-6,8H,7H2,1-3H3,(H,16,18,19). The maximum Gasteiger partial charge on any atom is 0.212 e. The summed E-state index contributed by atoms with van der Waals surface area (Å²) >= 11 is 1.69. The first-order valence-corrected chi connectivity index (χ1v) is 7.45. The molecule has 6 heteroatoms. The van der Waals surface area contributed by atoms with Crippen LogP contribution in [0.2, 0.25) is 0 Å². The second-order valence-electron chi connectivity index (χ2n) is 4.70. The molecule has 5 nitrogen and oxygen atoms in total. The van der Waals surface area contributed by atoms with E-state index in [1.54, 1.807) is 24.6 Å². The topological polar surface area (TPSA) is 59.9 Å². The molecule has 3 aromatic rings. The number of hydrogen-bond donors (Lipinski definition) is 1. The van der Waals surface area contributed by atoms with Crippen LogP contribution in [0.4, 0.5) is 5.82 Å². The second kappa shape index (κ2) is 5.65. The van der Waals surface area contributed by atoms with E-state index in [2.05, 4.69) is 33.3 Å². The Hall–Kier alpha value is -2.21. The number of fused-ring (bicyclic) bond motifs is 1. The van der Waals surface area contributed by atoms with Gasteiger partial charge < -0.3 is 10.1 Å². The lowest BCUT2D eigenvalue weighted by atomic mass is 10.2. The van der Waals surface area contributed by atoms with Gasteiger partial charge in [0.25, 0.3) is 0 Å². The molecule has 0 atom stereocenters. The number of ether oxygens (including phenoxy) is 1. The van der Waals surface area contributed by atoms with Gasteiger partial charge in [0, 0.05) is 30.6 Å². The van der Waals surface area contributed by atoms with E-state index in [9.17, 15) is 0 Å². The Morgan fingerprint density at radius 1 is 1.29 bits per heavy atom. The molecule has 3 aromatic heterocycles. The molecule has 3 rings (SSSR count). The van der Waals surface area contributed by atoms with Crippen LogP contribution in [0.25, 0.3) is 10.2 Å². The number of nitrogens with one attached hydrogen (secondary N) is 1. The first kappa shape index (κ1) is 13.8. The van der Waals surface area contributed by atoms with Crippen molar-refractivity contribution in [1.82, 2.24) is 15.0 Å². The lowest BCUT2D eigenvalue weighted by Crippen LogP contribution is -2.01. The summed E-state index contributed by atoms with van der Waals surface area (Å²) < 4.78 is 5.07. The van der Waals surface area contributed by atoms with E-state index < -0.39 is 0 Å².